The van der Waals surface area contributed by atoms with Crippen LogP contribution in [0.15, 0.2) is 38.5 Å². The van der Waals surface area contributed by atoms with E-state index in [0.717, 1.165) is 0 Å². The quantitative estimate of drug-likeness (QED) is 0.906. The molecule has 0 bridgehead atoms. The Balaban J connectivity index is 2.50. The fourth-order valence-corrected chi connectivity index (χ4v) is 2.32. The van der Waals surface area contributed by atoms with Crippen LogP contribution in [0.25, 0.3) is 0 Å². The molecule has 0 aliphatic carbocycles. The molecule has 1 N–H and O–H groups in total. The standard InChI is InChI=1S/C11H7BrCl2N2O2/c12-7-5-16(11(18)15-10(7)17)4-6-8(13)2-1-3-9(6)14/h1-3,5H,4H2,(H,15,17,18). The Morgan fingerprint density at radius 3 is 2.44 bits per heavy atom. The molecular weight excluding hydrogens is 343 g/mol. The molecule has 0 unspecified atom stereocenters. The van der Waals surface area contributed by atoms with Crippen LogP contribution in [0.4, 0.5) is 0 Å². The third-order valence-electron chi connectivity index (χ3n) is 2.36. The van der Waals surface area contributed by atoms with Gasteiger partial charge in [-0.25, -0.2) is 4.79 Å². The Hall–Kier alpha value is -1.04. The van der Waals surface area contributed by atoms with Crippen molar-refractivity contribution in [2.24, 2.45) is 0 Å². The van der Waals surface area contributed by atoms with Gasteiger partial charge in [0, 0.05) is 21.8 Å². The van der Waals surface area contributed by atoms with Crippen LogP contribution in [-0.4, -0.2) is 9.55 Å². The molecule has 0 spiro atoms. The summed E-state index contributed by atoms with van der Waals surface area (Å²) in [6.07, 6.45) is 1.40. The second-order valence-corrected chi connectivity index (χ2v) is 5.23. The van der Waals surface area contributed by atoms with Crippen LogP contribution in [0.1, 0.15) is 5.56 Å². The van der Waals surface area contributed by atoms with Crippen LogP contribution in [0, 0.1) is 0 Å². The van der Waals surface area contributed by atoms with Crippen molar-refractivity contribution in [1.82, 2.24) is 9.55 Å². The normalized spacial score (nSPS) is 10.6. The number of hydrogen-bond donors (Lipinski definition) is 1. The van der Waals surface area contributed by atoms with Gasteiger partial charge in [0.25, 0.3) is 5.56 Å². The fraction of sp³-hybridized carbons (Fsp3) is 0.0909. The zero-order chi connectivity index (χ0) is 13.3. The number of halogens is 3. The first-order valence-corrected chi connectivity index (χ1v) is 6.46. The molecule has 2 aromatic rings. The summed E-state index contributed by atoms with van der Waals surface area (Å²) in [4.78, 5) is 25.0. The SMILES string of the molecule is O=c1[nH]c(=O)n(Cc2c(Cl)cccc2Cl)cc1Br. The van der Waals surface area contributed by atoms with E-state index in [4.69, 9.17) is 23.2 Å². The summed E-state index contributed by atoms with van der Waals surface area (Å²) < 4.78 is 1.59. The number of nitrogens with zero attached hydrogens (tertiary/aromatic N) is 1. The largest absolute Gasteiger partial charge is 0.328 e. The summed E-state index contributed by atoms with van der Waals surface area (Å²) >= 11 is 15.1. The lowest BCUT2D eigenvalue weighted by atomic mass is 10.2. The molecule has 0 amide bonds. The van der Waals surface area contributed by atoms with Crippen LogP contribution in [-0.2, 0) is 6.54 Å². The first-order chi connectivity index (χ1) is 8.49. The first-order valence-electron chi connectivity index (χ1n) is 4.91. The Kier molecular flexibility index (Phi) is 3.94. The Labute approximate surface area is 120 Å². The van der Waals surface area contributed by atoms with Gasteiger partial charge in [-0.05, 0) is 28.1 Å². The summed E-state index contributed by atoms with van der Waals surface area (Å²) in [5, 5.41) is 0.938. The van der Waals surface area contributed by atoms with Gasteiger partial charge in [-0.15, -0.1) is 0 Å². The van der Waals surface area contributed by atoms with Crippen LogP contribution in [0.2, 0.25) is 10.0 Å². The molecule has 1 heterocycles. The predicted octanol–water partition coefficient (Wildman–Crippen LogP) is 2.65. The molecule has 0 atom stereocenters. The van der Waals surface area contributed by atoms with Gasteiger partial charge >= 0.3 is 5.69 Å². The van der Waals surface area contributed by atoms with Crippen LogP contribution >= 0.6 is 39.1 Å². The van der Waals surface area contributed by atoms with Crippen molar-refractivity contribution in [3.63, 3.8) is 0 Å². The first kappa shape index (κ1) is 13.4. The van der Waals surface area contributed by atoms with Gasteiger partial charge in [0.05, 0.1) is 11.0 Å². The van der Waals surface area contributed by atoms with E-state index in [1.54, 1.807) is 18.2 Å². The van der Waals surface area contributed by atoms with Crippen LogP contribution < -0.4 is 11.2 Å². The average molecular weight is 350 g/mol. The predicted molar refractivity (Wildman–Crippen MR) is 74.6 cm³/mol. The minimum atomic E-state index is -0.515. The van der Waals surface area contributed by atoms with Gasteiger partial charge in [0.15, 0.2) is 0 Å². The van der Waals surface area contributed by atoms with Crippen molar-refractivity contribution >= 4 is 39.1 Å². The van der Waals surface area contributed by atoms with E-state index in [9.17, 15) is 9.59 Å². The van der Waals surface area contributed by atoms with Gasteiger partial charge in [0.1, 0.15) is 0 Å². The Morgan fingerprint density at radius 1 is 1.22 bits per heavy atom. The highest BCUT2D eigenvalue weighted by atomic mass is 79.9. The molecule has 1 aromatic carbocycles. The molecule has 0 saturated heterocycles. The van der Waals surface area contributed by atoms with Crippen molar-refractivity contribution in [2.75, 3.05) is 0 Å². The lowest BCUT2D eigenvalue weighted by Gasteiger charge is -2.09. The third-order valence-corrected chi connectivity index (χ3v) is 3.63. The topological polar surface area (TPSA) is 54.9 Å². The Morgan fingerprint density at radius 2 is 1.83 bits per heavy atom. The van der Waals surface area contributed by atoms with Crippen molar-refractivity contribution in [2.45, 2.75) is 6.54 Å². The molecule has 1 aromatic heterocycles. The number of hydrogen-bond acceptors (Lipinski definition) is 2. The highest BCUT2D eigenvalue weighted by Crippen LogP contribution is 2.24. The molecule has 0 aliphatic rings. The smallest absolute Gasteiger partial charge is 0.295 e. The van der Waals surface area contributed by atoms with Crippen molar-refractivity contribution < 1.29 is 0 Å². The molecule has 0 saturated carbocycles. The van der Waals surface area contributed by atoms with Crippen molar-refractivity contribution in [3.8, 4) is 0 Å². The van der Waals surface area contributed by atoms with E-state index >= 15 is 0 Å². The third kappa shape index (κ3) is 2.68. The highest BCUT2D eigenvalue weighted by Gasteiger charge is 2.08. The number of aromatic nitrogens is 2. The van der Waals surface area contributed by atoms with Gasteiger partial charge in [-0.3, -0.25) is 14.3 Å². The maximum absolute atomic E-state index is 11.6. The molecule has 0 radical (unpaired) electrons. The second-order valence-electron chi connectivity index (χ2n) is 3.56. The number of nitrogens with one attached hydrogen (secondary N) is 1. The maximum Gasteiger partial charge on any atom is 0.328 e. The van der Waals surface area contributed by atoms with Gasteiger partial charge in [0.2, 0.25) is 0 Å². The molecule has 4 nitrogen and oxygen atoms in total. The number of benzene rings is 1. The summed E-state index contributed by atoms with van der Waals surface area (Å²) in [6, 6.07) is 5.10. The second kappa shape index (κ2) is 5.30. The minimum Gasteiger partial charge on any atom is -0.295 e. The van der Waals surface area contributed by atoms with E-state index in [2.05, 4.69) is 20.9 Å². The highest BCUT2D eigenvalue weighted by molar-refractivity contribution is 9.10. The van der Waals surface area contributed by atoms with E-state index in [-0.39, 0.29) is 11.0 Å². The molecule has 18 heavy (non-hydrogen) atoms. The van der Waals surface area contributed by atoms with E-state index in [1.807, 2.05) is 0 Å². The van der Waals surface area contributed by atoms with Crippen molar-refractivity contribution in [3.05, 3.63) is 65.3 Å². The number of H-pyrrole nitrogens is 1. The lowest BCUT2D eigenvalue weighted by molar-refractivity contribution is 0.716. The van der Waals surface area contributed by atoms with E-state index in [0.29, 0.717) is 15.6 Å². The lowest BCUT2D eigenvalue weighted by Crippen LogP contribution is -2.30. The number of rotatable bonds is 2. The van der Waals surface area contributed by atoms with Gasteiger partial charge < -0.3 is 0 Å². The molecule has 7 heteroatoms. The summed E-state index contributed by atoms with van der Waals surface area (Å²) in [7, 11) is 0. The maximum atomic E-state index is 11.6. The Bertz CT molecular complexity index is 689. The summed E-state index contributed by atoms with van der Waals surface area (Å²) in [5.41, 5.74) is -0.359. The minimum absolute atomic E-state index is 0.187. The van der Waals surface area contributed by atoms with E-state index in [1.165, 1.54) is 10.8 Å². The molecular formula is C11H7BrCl2N2O2. The van der Waals surface area contributed by atoms with Crippen LogP contribution in [0.5, 0.6) is 0 Å². The molecule has 0 fully saturated rings. The zero-order valence-corrected chi connectivity index (χ0v) is 12.0. The fourth-order valence-electron chi connectivity index (χ4n) is 1.45. The van der Waals surface area contributed by atoms with Gasteiger partial charge in [-0.2, -0.15) is 0 Å². The van der Waals surface area contributed by atoms with Gasteiger partial charge in [-0.1, -0.05) is 29.3 Å². The molecule has 94 valence electrons. The monoisotopic (exact) mass is 348 g/mol. The number of aromatic amines is 1. The van der Waals surface area contributed by atoms with Crippen LogP contribution in [0.3, 0.4) is 0 Å². The molecule has 0 aliphatic heterocycles. The molecule has 2 rings (SSSR count). The zero-order valence-electron chi connectivity index (χ0n) is 8.91. The van der Waals surface area contributed by atoms with E-state index < -0.39 is 11.2 Å². The summed E-state index contributed by atoms with van der Waals surface area (Å²) in [5.74, 6) is 0. The van der Waals surface area contributed by atoms with Crippen molar-refractivity contribution in [1.29, 1.82) is 0 Å². The summed E-state index contributed by atoms with van der Waals surface area (Å²) in [6.45, 7) is 0.187. The average Bonchev–Trinajstić information content (AvgIpc) is 2.30.